The number of nitrogens with zero attached hydrogens (tertiary/aromatic N) is 4. The first-order valence-corrected chi connectivity index (χ1v) is 9.48. The van der Waals surface area contributed by atoms with Crippen LogP contribution >= 0.6 is 11.3 Å². The van der Waals surface area contributed by atoms with Gasteiger partial charge in [0, 0.05) is 25.2 Å². The van der Waals surface area contributed by atoms with Crippen LogP contribution < -0.4 is 0 Å². The fraction of sp³-hybridized carbons (Fsp3) is 0.389. The third-order valence-electron chi connectivity index (χ3n) is 4.89. The zero-order chi connectivity index (χ0) is 19.2. The van der Waals surface area contributed by atoms with Crippen molar-refractivity contribution in [2.75, 3.05) is 13.1 Å². The summed E-state index contributed by atoms with van der Waals surface area (Å²) in [6, 6.07) is 4.23. The van der Waals surface area contributed by atoms with Crippen molar-refractivity contribution in [3.05, 3.63) is 51.6 Å². The van der Waals surface area contributed by atoms with Crippen LogP contribution in [0.4, 0.5) is 13.2 Å². The van der Waals surface area contributed by atoms with Crippen LogP contribution in [0.1, 0.15) is 45.4 Å². The number of aryl methyl sites for hydroxylation is 1. The zero-order valence-corrected chi connectivity index (χ0v) is 15.3. The van der Waals surface area contributed by atoms with Gasteiger partial charge in [0.1, 0.15) is 5.82 Å². The molecule has 0 aromatic carbocycles. The first-order valence-electron chi connectivity index (χ1n) is 8.60. The van der Waals surface area contributed by atoms with E-state index in [4.69, 9.17) is 0 Å². The van der Waals surface area contributed by atoms with Gasteiger partial charge in [0.05, 0.1) is 10.4 Å². The third-order valence-corrected chi connectivity index (χ3v) is 5.89. The number of aromatic nitrogens is 3. The third kappa shape index (κ3) is 3.31. The van der Waals surface area contributed by atoms with Gasteiger partial charge in [-0.25, -0.2) is 0 Å². The second kappa shape index (κ2) is 6.63. The lowest BCUT2D eigenvalue weighted by Gasteiger charge is -2.32. The molecular formula is C18H17F3N4OS. The number of likely N-dealkylation sites (tertiary alicyclic amines) is 1. The number of halogens is 3. The number of carbonyl (C=O) groups is 1. The predicted octanol–water partition coefficient (Wildman–Crippen LogP) is 4.14. The molecule has 0 spiro atoms. The van der Waals surface area contributed by atoms with Crippen molar-refractivity contribution in [2.45, 2.75) is 31.9 Å². The van der Waals surface area contributed by atoms with Crippen LogP contribution in [-0.2, 0) is 6.18 Å². The van der Waals surface area contributed by atoms with E-state index in [0.717, 1.165) is 30.7 Å². The maximum absolute atomic E-state index is 13.1. The summed E-state index contributed by atoms with van der Waals surface area (Å²) in [4.78, 5) is 15.3. The molecule has 0 N–H and O–H groups in total. The normalized spacial score (nSPS) is 18.2. The van der Waals surface area contributed by atoms with E-state index in [1.165, 1.54) is 21.8 Å². The van der Waals surface area contributed by atoms with Gasteiger partial charge in [-0.15, -0.1) is 21.5 Å². The summed E-state index contributed by atoms with van der Waals surface area (Å²) in [6.45, 7) is 2.96. The second-order valence-corrected chi connectivity index (χ2v) is 7.64. The molecule has 3 aromatic rings. The van der Waals surface area contributed by atoms with E-state index in [0.29, 0.717) is 29.4 Å². The van der Waals surface area contributed by atoms with Crippen molar-refractivity contribution in [3.63, 3.8) is 0 Å². The standard InChI is InChI=1S/C18H17F3N4OS/c1-11-6-8-27-15(11)17(26)24-7-2-3-12(9-24)16-23-22-14-5-4-13(10-25(14)16)18(19,20)21/h4-6,8,10,12H,2-3,7,9H2,1H3. The molecule has 1 aliphatic rings. The topological polar surface area (TPSA) is 50.5 Å². The first-order chi connectivity index (χ1) is 12.8. The van der Waals surface area contributed by atoms with E-state index in [1.807, 2.05) is 18.4 Å². The lowest BCUT2D eigenvalue weighted by molar-refractivity contribution is -0.137. The van der Waals surface area contributed by atoms with Crippen LogP contribution in [0, 0.1) is 6.92 Å². The van der Waals surface area contributed by atoms with Crippen molar-refractivity contribution in [1.29, 1.82) is 0 Å². The number of pyridine rings is 1. The number of alkyl halides is 3. The molecule has 5 nitrogen and oxygen atoms in total. The molecule has 1 unspecified atom stereocenters. The van der Waals surface area contributed by atoms with E-state index in [-0.39, 0.29) is 11.8 Å². The van der Waals surface area contributed by atoms with Gasteiger partial charge in [-0.1, -0.05) is 0 Å². The summed E-state index contributed by atoms with van der Waals surface area (Å²) < 4.78 is 40.6. The fourth-order valence-corrected chi connectivity index (χ4v) is 4.35. The van der Waals surface area contributed by atoms with E-state index >= 15 is 0 Å². The zero-order valence-electron chi connectivity index (χ0n) is 14.5. The summed E-state index contributed by atoms with van der Waals surface area (Å²) in [7, 11) is 0. The Morgan fingerprint density at radius 1 is 1.26 bits per heavy atom. The summed E-state index contributed by atoms with van der Waals surface area (Å²) in [5, 5.41) is 10.0. The molecule has 27 heavy (non-hydrogen) atoms. The molecule has 1 fully saturated rings. The molecule has 3 aromatic heterocycles. The van der Waals surface area contributed by atoms with E-state index in [2.05, 4.69) is 10.2 Å². The number of hydrogen-bond donors (Lipinski definition) is 0. The Morgan fingerprint density at radius 2 is 2.07 bits per heavy atom. The minimum atomic E-state index is -4.43. The molecule has 0 bridgehead atoms. The number of amides is 1. The van der Waals surface area contributed by atoms with Gasteiger partial charge in [-0.3, -0.25) is 9.20 Å². The number of rotatable bonds is 2. The Kier molecular flexibility index (Phi) is 4.41. The SMILES string of the molecule is Cc1ccsc1C(=O)N1CCCC(c2nnc3ccc(C(F)(F)F)cn23)C1. The Balaban J connectivity index is 1.63. The van der Waals surface area contributed by atoms with Crippen LogP contribution in [0.3, 0.4) is 0 Å². The van der Waals surface area contributed by atoms with Crippen LogP contribution in [0.25, 0.3) is 5.65 Å². The molecule has 4 rings (SSSR count). The largest absolute Gasteiger partial charge is 0.417 e. The number of thiophene rings is 1. The highest BCUT2D eigenvalue weighted by molar-refractivity contribution is 7.12. The number of fused-ring (bicyclic) bond motifs is 1. The van der Waals surface area contributed by atoms with Crippen LogP contribution in [0.15, 0.2) is 29.8 Å². The summed E-state index contributed by atoms with van der Waals surface area (Å²) >= 11 is 1.41. The van der Waals surface area contributed by atoms with Crippen LogP contribution in [0.2, 0.25) is 0 Å². The lowest BCUT2D eigenvalue weighted by Crippen LogP contribution is -2.39. The highest BCUT2D eigenvalue weighted by Crippen LogP contribution is 2.32. The average molecular weight is 394 g/mol. The fourth-order valence-electron chi connectivity index (χ4n) is 3.46. The minimum Gasteiger partial charge on any atom is -0.337 e. The molecule has 1 atom stereocenters. The van der Waals surface area contributed by atoms with E-state index < -0.39 is 11.7 Å². The second-order valence-electron chi connectivity index (χ2n) is 6.72. The smallest absolute Gasteiger partial charge is 0.337 e. The van der Waals surface area contributed by atoms with Gasteiger partial charge in [0.2, 0.25) is 0 Å². The molecule has 1 amide bonds. The van der Waals surface area contributed by atoms with Crippen molar-refractivity contribution in [3.8, 4) is 0 Å². The highest BCUT2D eigenvalue weighted by atomic mass is 32.1. The van der Waals surface area contributed by atoms with Crippen molar-refractivity contribution >= 4 is 22.9 Å². The minimum absolute atomic E-state index is 0.0306. The van der Waals surface area contributed by atoms with Gasteiger partial charge in [-0.05, 0) is 48.9 Å². The Morgan fingerprint density at radius 3 is 2.78 bits per heavy atom. The van der Waals surface area contributed by atoms with Crippen LogP contribution in [0.5, 0.6) is 0 Å². The Bertz CT molecular complexity index is 994. The molecule has 0 radical (unpaired) electrons. The molecular weight excluding hydrogens is 377 g/mol. The van der Waals surface area contributed by atoms with Crippen molar-refractivity contribution in [1.82, 2.24) is 19.5 Å². The van der Waals surface area contributed by atoms with Crippen LogP contribution in [-0.4, -0.2) is 38.5 Å². The number of carbonyl (C=O) groups excluding carboxylic acids is 1. The maximum Gasteiger partial charge on any atom is 0.417 e. The monoisotopic (exact) mass is 394 g/mol. The highest BCUT2D eigenvalue weighted by Gasteiger charge is 2.33. The Hall–Kier alpha value is -2.42. The molecule has 1 saturated heterocycles. The molecule has 1 aliphatic heterocycles. The molecule has 0 saturated carbocycles. The molecule has 9 heteroatoms. The van der Waals surface area contributed by atoms with E-state index in [9.17, 15) is 18.0 Å². The predicted molar refractivity (Wildman–Crippen MR) is 94.9 cm³/mol. The molecule has 142 valence electrons. The number of hydrogen-bond acceptors (Lipinski definition) is 4. The van der Waals surface area contributed by atoms with Gasteiger partial charge in [0.25, 0.3) is 5.91 Å². The quantitative estimate of drug-likeness (QED) is 0.657. The summed E-state index contributed by atoms with van der Waals surface area (Å²) in [5.41, 5.74) is 0.569. The van der Waals surface area contributed by atoms with Gasteiger partial charge in [-0.2, -0.15) is 13.2 Å². The maximum atomic E-state index is 13.1. The van der Waals surface area contributed by atoms with Crippen molar-refractivity contribution < 1.29 is 18.0 Å². The van der Waals surface area contributed by atoms with Gasteiger partial charge in [0.15, 0.2) is 5.65 Å². The number of piperidine rings is 1. The molecule has 4 heterocycles. The van der Waals surface area contributed by atoms with Gasteiger partial charge < -0.3 is 4.90 Å². The molecule has 0 aliphatic carbocycles. The van der Waals surface area contributed by atoms with E-state index in [1.54, 1.807) is 4.90 Å². The first kappa shape index (κ1) is 18.0. The Labute approximate surface area is 157 Å². The summed E-state index contributed by atoms with van der Waals surface area (Å²) in [6.07, 6.45) is -1.87. The van der Waals surface area contributed by atoms with Crippen molar-refractivity contribution in [2.24, 2.45) is 0 Å². The summed E-state index contributed by atoms with van der Waals surface area (Å²) in [5.74, 6) is 0.287. The average Bonchev–Trinajstić information content (AvgIpc) is 3.26. The lowest BCUT2D eigenvalue weighted by atomic mass is 9.97. The van der Waals surface area contributed by atoms with Gasteiger partial charge >= 0.3 is 6.18 Å².